The van der Waals surface area contributed by atoms with Crippen LogP contribution in [0.5, 0.6) is 5.75 Å². The molecule has 396 valence electrons. The number of imidazole rings is 1. The average Bonchev–Trinajstić information content (AvgIpc) is 3.68. The number of ether oxygens (including phenoxy) is 3. The van der Waals surface area contributed by atoms with E-state index in [1.54, 1.807) is 16.8 Å². The largest absolute Gasteiger partial charge is 0.491 e. The van der Waals surface area contributed by atoms with Gasteiger partial charge in [-0.15, -0.1) is 0 Å². The predicted octanol–water partition coefficient (Wildman–Crippen LogP) is 5.67. The maximum atomic E-state index is 15.4. The first-order valence-electron chi connectivity index (χ1n) is 25.0. The summed E-state index contributed by atoms with van der Waals surface area (Å²) in [6.07, 6.45) is 3.93. The molecule has 18 nitrogen and oxygen atoms in total. The molecule has 0 bridgehead atoms. The zero-order chi connectivity index (χ0) is 53.6. The number of benzene rings is 3. The summed E-state index contributed by atoms with van der Waals surface area (Å²) in [6, 6.07) is 19.9. The van der Waals surface area contributed by atoms with Gasteiger partial charge in [0.05, 0.1) is 44.1 Å². The van der Waals surface area contributed by atoms with Gasteiger partial charge in [-0.2, -0.15) is 0 Å². The van der Waals surface area contributed by atoms with Gasteiger partial charge in [0, 0.05) is 38.9 Å². The lowest BCUT2D eigenvalue weighted by Crippen LogP contribution is -2.57. The van der Waals surface area contributed by atoms with Crippen LogP contribution in [0.4, 0.5) is 4.39 Å². The van der Waals surface area contributed by atoms with Gasteiger partial charge in [-0.05, 0) is 59.9 Å². The van der Waals surface area contributed by atoms with Crippen LogP contribution in [0.1, 0.15) is 109 Å². The molecule has 0 aromatic heterocycles. The smallest absolute Gasteiger partial charge is 0.308 e. The molecule has 2 aliphatic rings. The minimum Gasteiger partial charge on any atom is -0.491 e. The Morgan fingerprint density at radius 3 is 1.95 bits per heavy atom. The summed E-state index contributed by atoms with van der Waals surface area (Å²) in [5, 5.41) is 10.1. The first-order valence-corrected chi connectivity index (χ1v) is 25.0. The normalized spacial score (nSPS) is 12.4. The van der Waals surface area contributed by atoms with Gasteiger partial charge >= 0.3 is 11.9 Å². The summed E-state index contributed by atoms with van der Waals surface area (Å²) >= 11 is 0. The van der Waals surface area contributed by atoms with Gasteiger partial charge in [-0.25, -0.2) is 9.37 Å². The highest BCUT2D eigenvalue weighted by Crippen LogP contribution is 2.25. The standard InChI is InChI=1S/C55H68FN7O11/c1-35(2)33-73-49(66)30-44(61-54(70)45(31-50(67)74-34-36(3)4)62-53(69)42(21-16-25-64)58-37(5)65)52(68)57-24-14-6-7-15-26-72-48-23-22-39(27-41(48)56)29-46-55(71)63-32-47(40-19-12-9-13-20-40)59-43(51(63)60-46)28-38-17-10-8-11-18-38/h8-13,17-20,22-23,25,27,32,35-36,42,44-45,59H,6-7,14-16,21,24,26,28-31,33-34H2,1-5H3,(H,57,68)(H,58,65)(H,61,70)(H,62,69)/t42-,44-,45-/m0/s1. The molecule has 2 heterocycles. The van der Waals surface area contributed by atoms with Crippen molar-refractivity contribution in [2.24, 2.45) is 11.8 Å². The molecule has 5 N–H and O–H groups in total. The Kier molecular flexibility index (Phi) is 22.5. The number of nitrogens with one attached hydrogen (secondary N) is 5. The molecule has 74 heavy (non-hydrogen) atoms. The molecular weight excluding hydrogens is 954 g/mol. The fourth-order valence-corrected chi connectivity index (χ4v) is 7.72. The molecule has 3 aromatic rings. The van der Waals surface area contributed by atoms with E-state index >= 15 is 4.39 Å². The number of hydrogen-bond acceptors (Lipinski definition) is 12. The van der Waals surface area contributed by atoms with E-state index in [0.717, 1.165) is 22.5 Å². The van der Waals surface area contributed by atoms with Crippen molar-refractivity contribution in [2.75, 3.05) is 26.4 Å². The predicted molar refractivity (Wildman–Crippen MR) is 274 cm³/mol. The summed E-state index contributed by atoms with van der Waals surface area (Å²) in [6.45, 7) is 8.93. The van der Waals surface area contributed by atoms with E-state index in [1.165, 1.54) is 19.1 Å². The molecular formula is C55H68FN7O11. The number of aromatic nitrogens is 3. The van der Waals surface area contributed by atoms with Gasteiger partial charge < -0.3 is 45.3 Å². The summed E-state index contributed by atoms with van der Waals surface area (Å²) in [5.74, 6) is -4.78. The number of nitrogens with zero attached hydrogens (tertiary/aromatic N) is 2. The number of halogens is 1. The van der Waals surface area contributed by atoms with Crippen LogP contribution >= 0.6 is 0 Å². The highest BCUT2D eigenvalue weighted by Gasteiger charge is 2.33. The molecule has 3 aromatic carbocycles. The van der Waals surface area contributed by atoms with Crippen molar-refractivity contribution in [1.82, 2.24) is 35.8 Å². The van der Waals surface area contributed by atoms with Crippen molar-refractivity contribution >= 4 is 41.9 Å². The van der Waals surface area contributed by atoms with Crippen LogP contribution in [-0.2, 0) is 55.9 Å². The van der Waals surface area contributed by atoms with Crippen molar-refractivity contribution in [3.8, 4) is 22.8 Å². The molecule has 0 saturated carbocycles. The molecule has 0 unspecified atom stereocenters. The summed E-state index contributed by atoms with van der Waals surface area (Å²) in [5.41, 5.74) is 4.03. The number of fused-ring (bicyclic) bond motifs is 1. The molecule has 2 aliphatic heterocycles. The number of carbonyl (C=O) groups excluding carboxylic acids is 7. The Morgan fingerprint density at radius 2 is 1.34 bits per heavy atom. The maximum absolute atomic E-state index is 15.4. The third-order valence-electron chi connectivity index (χ3n) is 11.5. The van der Waals surface area contributed by atoms with E-state index in [0.29, 0.717) is 49.8 Å². The highest BCUT2D eigenvalue weighted by atomic mass is 19.1. The lowest BCUT2D eigenvalue weighted by molar-refractivity contribution is -0.149. The van der Waals surface area contributed by atoms with E-state index < -0.39 is 72.4 Å². The number of amides is 4. The highest BCUT2D eigenvalue weighted by molar-refractivity contribution is 5.97. The summed E-state index contributed by atoms with van der Waals surface area (Å²) < 4.78 is 33.2. The van der Waals surface area contributed by atoms with Gasteiger partial charge in [0.2, 0.25) is 23.6 Å². The Morgan fingerprint density at radius 1 is 0.730 bits per heavy atom. The van der Waals surface area contributed by atoms with Crippen LogP contribution in [0.25, 0.3) is 17.1 Å². The quantitative estimate of drug-likeness (QED) is 0.0212. The second kappa shape index (κ2) is 29.1. The van der Waals surface area contributed by atoms with Gasteiger partial charge in [0.25, 0.3) is 5.56 Å². The van der Waals surface area contributed by atoms with Crippen LogP contribution in [0.2, 0.25) is 0 Å². The van der Waals surface area contributed by atoms with Gasteiger partial charge in [-0.1, -0.05) is 107 Å². The van der Waals surface area contributed by atoms with Crippen molar-refractivity contribution < 1.29 is 52.2 Å². The van der Waals surface area contributed by atoms with Gasteiger partial charge in [-0.3, -0.25) is 38.1 Å². The average molecular weight is 1020 g/mol. The number of unbranched alkanes of at least 4 members (excludes halogenated alkanes) is 3. The monoisotopic (exact) mass is 1020 g/mol. The molecule has 0 spiro atoms. The molecule has 3 atom stereocenters. The van der Waals surface area contributed by atoms with Crippen molar-refractivity contribution in [1.29, 1.82) is 0 Å². The Bertz CT molecular complexity index is 2690. The fraction of sp³-hybridized carbons (Fsp3) is 0.436. The van der Waals surface area contributed by atoms with Crippen molar-refractivity contribution in [3.05, 3.63) is 124 Å². The number of aldehydes is 1. The number of hydrogen-bond donors (Lipinski definition) is 5. The van der Waals surface area contributed by atoms with Crippen LogP contribution in [0, 0.1) is 17.7 Å². The van der Waals surface area contributed by atoms with E-state index in [9.17, 15) is 38.4 Å². The number of aromatic amines is 1. The van der Waals surface area contributed by atoms with E-state index in [1.807, 2.05) is 88.4 Å². The Balaban J connectivity index is 1.14. The number of rotatable bonds is 30. The third kappa shape index (κ3) is 18.4. The molecule has 19 heteroatoms. The molecule has 4 amide bonds. The maximum Gasteiger partial charge on any atom is 0.308 e. The van der Waals surface area contributed by atoms with Gasteiger partial charge in [0.1, 0.15) is 30.1 Å². The second-order valence-corrected chi connectivity index (χ2v) is 18.9. The van der Waals surface area contributed by atoms with Crippen LogP contribution in [0.3, 0.4) is 0 Å². The Hall–Kier alpha value is -7.70. The summed E-state index contributed by atoms with van der Waals surface area (Å²) in [4.78, 5) is 111. The molecule has 0 fully saturated rings. The van der Waals surface area contributed by atoms with E-state index in [2.05, 4.69) is 26.3 Å². The van der Waals surface area contributed by atoms with Crippen LogP contribution in [-0.4, -0.2) is 101 Å². The molecule has 5 rings (SSSR count). The lowest BCUT2D eigenvalue weighted by Gasteiger charge is -2.24. The topological polar surface area (TPSA) is 246 Å². The first-order chi connectivity index (χ1) is 35.5. The fourth-order valence-electron chi connectivity index (χ4n) is 7.72. The molecule has 0 radical (unpaired) electrons. The zero-order valence-electron chi connectivity index (χ0n) is 42.7. The first kappa shape index (κ1) is 57.2. The third-order valence-corrected chi connectivity index (χ3v) is 11.5. The SMILES string of the molecule is CC(=O)N[C@@H](CCC=O)C(=O)N[C@@H](CC(=O)OCC(C)C)C(=O)N[C@@H](CC(=O)OCC(C)C)C(=O)NCCCCCCOc1ccc(Cc2nc3c(Cc4ccccc4)[nH]c(-c4ccccc4)cn-3c2=O)cc1F. The number of esters is 2. The van der Waals surface area contributed by atoms with Crippen LogP contribution < -0.4 is 31.6 Å². The minimum atomic E-state index is -1.59. The minimum absolute atomic E-state index is 0.0124. The zero-order valence-corrected chi connectivity index (χ0v) is 42.7. The Labute approximate surface area is 430 Å². The second-order valence-electron chi connectivity index (χ2n) is 18.9. The van der Waals surface area contributed by atoms with Crippen molar-refractivity contribution in [2.45, 2.75) is 117 Å². The number of H-pyrrole nitrogens is 1. The number of carbonyl (C=O) groups is 7. The molecule has 0 saturated heterocycles. The van der Waals surface area contributed by atoms with Gasteiger partial charge in [0.15, 0.2) is 17.4 Å². The molecule has 0 aliphatic carbocycles. The van der Waals surface area contributed by atoms with E-state index in [4.69, 9.17) is 19.2 Å². The van der Waals surface area contributed by atoms with Crippen LogP contribution in [0.15, 0.2) is 89.9 Å². The lowest BCUT2D eigenvalue weighted by atomic mass is 10.1. The van der Waals surface area contributed by atoms with Crippen molar-refractivity contribution in [3.63, 3.8) is 0 Å². The summed E-state index contributed by atoms with van der Waals surface area (Å²) in [7, 11) is 0. The van der Waals surface area contributed by atoms with E-state index in [-0.39, 0.29) is 74.5 Å².